The van der Waals surface area contributed by atoms with Crippen LogP contribution in [0.15, 0.2) is 83.5 Å². The molecule has 0 spiro atoms. The maximum Gasteiger partial charge on any atom is 0.273 e. The zero-order valence-electron chi connectivity index (χ0n) is 20.7. The van der Waals surface area contributed by atoms with Crippen molar-refractivity contribution in [1.82, 2.24) is 14.7 Å². The van der Waals surface area contributed by atoms with Crippen LogP contribution >= 0.6 is 0 Å². The molecule has 0 unspecified atom stereocenters. The van der Waals surface area contributed by atoms with Gasteiger partial charge in [-0.25, -0.2) is 4.68 Å². The average Bonchev–Trinajstić information content (AvgIpc) is 3.63. The fraction of sp³-hybridized carbons (Fsp3) is 0.250. The molecule has 3 heterocycles. The summed E-state index contributed by atoms with van der Waals surface area (Å²) in [6, 6.07) is 22.4. The van der Waals surface area contributed by atoms with Gasteiger partial charge in [-0.15, -0.1) is 0 Å². The summed E-state index contributed by atoms with van der Waals surface area (Å²) in [5.41, 5.74) is 3.40. The Morgan fingerprint density at radius 1 is 0.973 bits per heavy atom. The topological polar surface area (TPSA) is 92.8 Å². The van der Waals surface area contributed by atoms with Gasteiger partial charge >= 0.3 is 0 Å². The summed E-state index contributed by atoms with van der Waals surface area (Å²) in [5.74, 6) is -0.00844. The number of nitrogens with zero attached hydrogens (tertiary/aromatic N) is 4. The monoisotopic (exact) mass is 499 g/mol. The summed E-state index contributed by atoms with van der Waals surface area (Å²) in [6.45, 7) is 5.24. The van der Waals surface area contributed by atoms with Crippen molar-refractivity contribution in [3.05, 3.63) is 84.8 Å². The summed E-state index contributed by atoms with van der Waals surface area (Å²) < 4.78 is 12.5. The maximum atomic E-state index is 13.6. The molecule has 1 N–H and O–H groups in total. The minimum atomic E-state index is -0.297. The lowest BCUT2D eigenvalue weighted by Crippen LogP contribution is -2.38. The number of carbonyl (C=O) groups is 2. The number of amides is 2. The standard InChI is InChI=1S/C28H29N5O4/c1-2-31(20-27(34)29-21-10-12-22(13-11-21)32-14-17-36-18-15-32)28(35)25-19-24(26-9-6-16-37-26)30-33(25)23-7-4-3-5-8-23/h3-13,16,19H,2,14-15,17-18,20H2,1H3,(H,29,34). The van der Waals surface area contributed by atoms with Crippen molar-refractivity contribution in [2.45, 2.75) is 6.92 Å². The van der Waals surface area contributed by atoms with E-state index < -0.39 is 0 Å². The van der Waals surface area contributed by atoms with Crippen LogP contribution in [0.1, 0.15) is 17.4 Å². The largest absolute Gasteiger partial charge is 0.463 e. The highest BCUT2D eigenvalue weighted by Gasteiger charge is 2.24. The van der Waals surface area contributed by atoms with Crippen molar-refractivity contribution in [3.8, 4) is 17.1 Å². The van der Waals surface area contributed by atoms with E-state index in [0.717, 1.165) is 24.5 Å². The quantitative estimate of drug-likeness (QED) is 0.393. The third-order valence-corrected chi connectivity index (χ3v) is 6.23. The first-order valence-electron chi connectivity index (χ1n) is 12.3. The molecule has 2 aromatic carbocycles. The van der Waals surface area contributed by atoms with Crippen LogP contribution in [0.2, 0.25) is 0 Å². The van der Waals surface area contributed by atoms with Crippen LogP contribution in [-0.2, 0) is 9.53 Å². The van der Waals surface area contributed by atoms with E-state index in [4.69, 9.17) is 9.15 Å². The molecule has 37 heavy (non-hydrogen) atoms. The van der Waals surface area contributed by atoms with E-state index in [-0.39, 0.29) is 18.4 Å². The third-order valence-electron chi connectivity index (χ3n) is 6.23. The number of likely N-dealkylation sites (N-methyl/N-ethyl adjacent to an activating group) is 1. The Morgan fingerprint density at radius 2 is 1.73 bits per heavy atom. The zero-order chi connectivity index (χ0) is 25.6. The Morgan fingerprint density at radius 3 is 2.41 bits per heavy atom. The predicted octanol–water partition coefficient (Wildman–Crippen LogP) is 4.07. The van der Waals surface area contributed by atoms with Crippen molar-refractivity contribution >= 4 is 23.2 Å². The number of morpholine rings is 1. The Kier molecular flexibility index (Phi) is 7.32. The molecule has 190 valence electrons. The van der Waals surface area contributed by atoms with Gasteiger partial charge in [0, 0.05) is 37.1 Å². The van der Waals surface area contributed by atoms with Gasteiger partial charge < -0.3 is 24.3 Å². The molecule has 4 aromatic rings. The van der Waals surface area contributed by atoms with Crippen molar-refractivity contribution in [1.29, 1.82) is 0 Å². The molecule has 0 bridgehead atoms. The Hall–Kier alpha value is -4.37. The van der Waals surface area contributed by atoms with E-state index >= 15 is 0 Å². The Balaban J connectivity index is 1.31. The summed E-state index contributed by atoms with van der Waals surface area (Å²) in [5, 5.41) is 7.52. The van der Waals surface area contributed by atoms with Gasteiger partial charge in [-0.3, -0.25) is 9.59 Å². The third kappa shape index (κ3) is 5.57. The molecule has 9 heteroatoms. The number of nitrogens with one attached hydrogen (secondary N) is 1. The molecule has 1 aliphatic heterocycles. The number of para-hydroxylation sites is 1. The van der Waals surface area contributed by atoms with E-state index in [9.17, 15) is 9.59 Å². The number of aromatic nitrogens is 2. The molecule has 2 aromatic heterocycles. The van der Waals surface area contributed by atoms with E-state index in [2.05, 4.69) is 15.3 Å². The first kappa shape index (κ1) is 24.3. The molecule has 5 rings (SSSR count). The van der Waals surface area contributed by atoms with Gasteiger partial charge in [-0.05, 0) is 55.5 Å². The van der Waals surface area contributed by atoms with E-state index in [1.54, 1.807) is 29.1 Å². The molecule has 0 radical (unpaired) electrons. The van der Waals surface area contributed by atoms with E-state index in [0.29, 0.717) is 42.6 Å². The second-order valence-corrected chi connectivity index (χ2v) is 8.65. The highest BCUT2D eigenvalue weighted by Crippen LogP contribution is 2.23. The van der Waals surface area contributed by atoms with Crippen LogP contribution < -0.4 is 10.2 Å². The number of furan rings is 1. The summed E-state index contributed by atoms with van der Waals surface area (Å²) in [4.78, 5) is 30.2. The molecular weight excluding hydrogens is 470 g/mol. The van der Waals surface area contributed by atoms with Crippen LogP contribution in [0.5, 0.6) is 0 Å². The average molecular weight is 500 g/mol. The summed E-state index contributed by atoms with van der Waals surface area (Å²) >= 11 is 0. The van der Waals surface area contributed by atoms with Crippen LogP contribution in [0.4, 0.5) is 11.4 Å². The lowest BCUT2D eigenvalue weighted by Gasteiger charge is -2.29. The van der Waals surface area contributed by atoms with Gasteiger partial charge in [0.1, 0.15) is 17.9 Å². The van der Waals surface area contributed by atoms with Crippen molar-refractivity contribution < 1.29 is 18.7 Å². The Labute approximate surface area is 215 Å². The predicted molar refractivity (Wildman–Crippen MR) is 141 cm³/mol. The van der Waals surface area contributed by atoms with Gasteiger partial charge in [-0.1, -0.05) is 18.2 Å². The van der Waals surface area contributed by atoms with Crippen molar-refractivity contribution in [2.75, 3.05) is 49.6 Å². The number of hydrogen-bond donors (Lipinski definition) is 1. The number of anilines is 2. The molecule has 0 saturated carbocycles. The van der Waals surface area contributed by atoms with Crippen LogP contribution in [0.3, 0.4) is 0 Å². The van der Waals surface area contributed by atoms with Gasteiger partial charge in [0.25, 0.3) is 5.91 Å². The van der Waals surface area contributed by atoms with Gasteiger partial charge in [0.05, 0.1) is 25.2 Å². The molecule has 1 fully saturated rings. The van der Waals surface area contributed by atoms with Gasteiger partial charge in [-0.2, -0.15) is 5.10 Å². The first-order chi connectivity index (χ1) is 18.1. The van der Waals surface area contributed by atoms with E-state index in [1.165, 1.54) is 4.90 Å². The molecule has 2 amide bonds. The Bertz CT molecular complexity index is 1330. The highest BCUT2D eigenvalue weighted by atomic mass is 16.5. The fourth-order valence-electron chi connectivity index (χ4n) is 4.28. The minimum absolute atomic E-state index is 0.0867. The summed E-state index contributed by atoms with van der Waals surface area (Å²) in [6.07, 6.45) is 1.56. The smallest absolute Gasteiger partial charge is 0.273 e. The molecule has 0 atom stereocenters. The van der Waals surface area contributed by atoms with Crippen LogP contribution in [-0.4, -0.2) is 65.9 Å². The normalized spacial score (nSPS) is 13.4. The van der Waals surface area contributed by atoms with Gasteiger partial charge in [0.15, 0.2) is 5.76 Å². The lowest BCUT2D eigenvalue weighted by atomic mass is 10.2. The second kappa shape index (κ2) is 11.1. The van der Waals surface area contributed by atoms with Crippen LogP contribution in [0.25, 0.3) is 17.1 Å². The van der Waals surface area contributed by atoms with Crippen molar-refractivity contribution in [3.63, 3.8) is 0 Å². The zero-order valence-corrected chi connectivity index (χ0v) is 20.7. The molecule has 1 aliphatic rings. The number of hydrogen-bond acceptors (Lipinski definition) is 6. The number of benzene rings is 2. The second-order valence-electron chi connectivity index (χ2n) is 8.65. The summed E-state index contributed by atoms with van der Waals surface area (Å²) in [7, 11) is 0. The minimum Gasteiger partial charge on any atom is -0.463 e. The molecule has 0 aliphatic carbocycles. The highest BCUT2D eigenvalue weighted by molar-refractivity contribution is 5.99. The first-order valence-corrected chi connectivity index (χ1v) is 12.3. The molecule has 1 saturated heterocycles. The fourth-order valence-corrected chi connectivity index (χ4v) is 4.28. The molecule has 9 nitrogen and oxygen atoms in total. The van der Waals surface area contributed by atoms with E-state index in [1.807, 2.05) is 61.5 Å². The SMILES string of the molecule is CCN(CC(=O)Nc1ccc(N2CCOCC2)cc1)C(=O)c1cc(-c2ccco2)nn1-c1ccccc1. The lowest BCUT2D eigenvalue weighted by molar-refractivity contribution is -0.116. The van der Waals surface area contributed by atoms with Gasteiger partial charge in [0.2, 0.25) is 5.91 Å². The number of ether oxygens (including phenoxy) is 1. The maximum absolute atomic E-state index is 13.6. The number of rotatable bonds is 8. The number of carbonyl (C=O) groups excluding carboxylic acids is 2. The molecular formula is C28H29N5O4. The van der Waals surface area contributed by atoms with Crippen LogP contribution in [0, 0.1) is 0 Å². The van der Waals surface area contributed by atoms with Crippen molar-refractivity contribution in [2.24, 2.45) is 0 Å².